The first-order chi connectivity index (χ1) is 8.99. The molecule has 0 atom stereocenters. The summed E-state index contributed by atoms with van der Waals surface area (Å²) in [4.78, 5) is 16.5. The zero-order valence-corrected chi connectivity index (χ0v) is 12.5. The Balaban J connectivity index is 1.94. The SMILES string of the molecule is Cc1nc(CCNC(=O)c2c(C)nn(C)c2C)cs1. The van der Waals surface area contributed by atoms with Gasteiger partial charge in [-0.3, -0.25) is 9.48 Å². The molecule has 0 radical (unpaired) electrons. The summed E-state index contributed by atoms with van der Waals surface area (Å²) in [5, 5.41) is 10.3. The van der Waals surface area contributed by atoms with Gasteiger partial charge in [-0.15, -0.1) is 11.3 Å². The van der Waals surface area contributed by atoms with Gasteiger partial charge in [0, 0.05) is 31.1 Å². The van der Waals surface area contributed by atoms with E-state index in [2.05, 4.69) is 15.4 Å². The van der Waals surface area contributed by atoms with E-state index in [1.165, 1.54) is 0 Å². The first kappa shape index (κ1) is 13.7. The molecule has 0 aliphatic rings. The van der Waals surface area contributed by atoms with Crippen LogP contribution in [0.3, 0.4) is 0 Å². The smallest absolute Gasteiger partial charge is 0.255 e. The van der Waals surface area contributed by atoms with Crippen molar-refractivity contribution in [3.8, 4) is 0 Å². The summed E-state index contributed by atoms with van der Waals surface area (Å²) in [6, 6.07) is 0. The standard InChI is InChI=1S/C13H18N4OS/c1-8-12(9(2)17(4)16-8)13(18)14-6-5-11-7-19-10(3)15-11/h7H,5-6H2,1-4H3,(H,14,18). The maximum Gasteiger partial charge on any atom is 0.255 e. The van der Waals surface area contributed by atoms with Crippen LogP contribution in [0.4, 0.5) is 0 Å². The second-order valence-corrected chi connectivity index (χ2v) is 5.60. The highest BCUT2D eigenvalue weighted by Gasteiger charge is 2.16. The monoisotopic (exact) mass is 278 g/mol. The third-order valence-electron chi connectivity index (χ3n) is 3.07. The quantitative estimate of drug-likeness (QED) is 0.927. The van der Waals surface area contributed by atoms with Crippen LogP contribution >= 0.6 is 11.3 Å². The van der Waals surface area contributed by atoms with Crippen molar-refractivity contribution in [1.29, 1.82) is 0 Å². The summed E-state index contributed by atoms with van der Waals surface area (Å²) in [7, 11) is 1.84. The lowest BCUT2D eigenvalue weighted by Crippen LogP contribution is -2.26. The summed E-state index contributed by atoms with van der Waals surface area (Å²) in [5.74, 6) is -0.0601. The molecule has 0 saturated carbocycles. The summed E-state index contributed by atoms with van der Waals surface area (Å²) >= 11 is 1.63. The van der Waals surface area contributed by atoms with E-state index < -0.39 is 0 Å². The topological polar surface area (TPSA) is 59.8 Å². The third-order valence-corrected chi connectivity index (χ3v) is 3.89. The van der Waals surface area contributed by atoms with Gasteiger partial charge < -0.3 is 5.32 Å². The largest absolute Gasteiger partial charge is 0.352 e. The Kier molecular flexibility index (Phi) is 3.99. The number of nitrogens with one attached hydrogen (secondary N) is 1. The number of rotatable bonds is 4. The van der Waals surface area contributed by atoms with Crippen LogP contribution in [0.15, 0.2) is 5.38 Å². The molecular formula is C13H18N4OS. The van der Waals surface area contributed by atoms with Crippen molar-refractivity contribution in [3.05, 3.63) is 33.0 Å². The second kappa shape index (κ2) is 5.52. The van der Waals surface area contributed by atoms with Crippen molar-refractivity contribution in [3.63, 3.8) is 0 Å². The van der Waals surface area contributed by atoms with E-state index in [1.54, 1.807) is 16.0 Å². The lowest BCUT2D eigenvalue weighted by atomic mass is 10.2. The molecule has 6 heteroatoms. The van der Waals surface area contributed by atoms with Gasteiger partial charge >= 0.3 is 0 Å². The molecular weight excluding hydrogens is 260 g/mol. The van der Waals surface area contributed by atoms with Crippen molar-refractivity contribution < 1.29 is 4.79 Å². The molecule has 1 amide bonds. The number of thiazole rings is 1. The summed E-state index contributed by atoms with van der Waals surface area (Å²) in [5.41, 5.74) is 3.36. The van der Waals surface area contributed by atoms with E-state index in [1.807, 2.05) is 33.2 Å². The number of hydrogen-bond acceptors (Lipinski definition) is 4. The van der Waals surface area contributed by atoms with Gasteiger partial charge in [0.1, 0.15) is 0 Å². The maximum atomic E-state index is 12.1. The van der Waals surface area contributed by atoms with Crippen molar-refractivity contribution in [1.82, 2.24) is 20.1 Å². The Bertz CT molecular complexity index is 600. The Morgan fingerprint density at radius 3 is 2.68 bits per heavy atom. The van der Waals surface area contributed by atoms with E-state index in [9.17, 15) is 4.79 Å². The minimum Gasteiger partial charge on any atom is -0.352 e. The van der Waals surface area contributed by atoms with Crippen LogP contribution in [0.1, 0.15) is 32.4 Å². The molecule has 0 fully saturated rings. The zero-order valence-electron chi connectivity index (χ0n) is 11.6. The molecule has 5 nitrogen and oxygen atoms in total. The second-order valence-electron chi connectivity index (χ2n) is 4.53. The summed E-state index contributed by atoms with van der Waals surface area (Å²) < 4.78 is 1.73. The highest BCUT2D eigenvalue weighted by atomic mass is 32.1. The van der Waals surface area contributed by atoms with Crippen LogP contribution in [-0.2, 0) is 13.5 Å². The molecule has 0 unspecified atom stereocenters. The minimum absolute atomic E-state index is 0.0601. The lowest BCUT2D eigenvalue weighted by molar-refractivity contribution is 0.0953. The van der Waals surface area contributed by atoms with Crippen LogP contribution in [0, 0.1) is 20.8 Å². The summed E-state index contributed by atoms with van der Waals surface area (Å²) in [6.07, 6.45) is 0.758. The molecule has 0 aliphatic heterocycles. The molecule has 102 valence electrons. The maximum absolute atomic E-state index is 12.1. The van der Waals surface area contributed by atoms with Gasteiger partial charge in [0.05, 0.1) is 22.0 Å². The van der Waals surface area contributed by atoms with Crippen molar-refractivity contribution >= 4 is 17.2 Å². The average molecular weight is 278 g/mol. The lowest BCUT2D eigenvalue weighted by Gasteiger charge is -2.04. The Hall–Kier alpha value is -1.69. The van der Waals surface area contributed by atoms with E-state index in [0.29, 0.717) is 12.1 Å². The number of aromatic nitrogens is 3. The van der Waals surface area contributed by atoms with Crippen LogP contribution in [0.25, 0.3) is 0 Å². The van der Waals surface area contributed by atoms with Gasteiger partial charge in [-0.05, 0) is 20.8 Å². The molecule has 2 rings (SSSR count). The van der Waals surface area contributed by atoms with Crippen LogP contribution in [0.5, 0.6) is 0 Å². The molecule has 0 spiro atoms. The molecule has 2 heterocycles. The van der Waals surface area contributed by atoms with E-state index in [0.717, 1.165) is 28.5 Å². The molecule has 0 saturated heterocycles. The number of amides is 1. The van der Waals surface area contributed by atoms with Gasteiger partial charge in [0.15, 0.2) is 0 Å². The molecule has 0 aliphatic carbocycles. The first-order valence-corrected chi connectivity index (χ1v) is 7.06. The minimum atomic E-state index is -0.0601. The van der Waals surface area contributed by atoms with E-state index in [-0.39, 0.29) is 5.91 Å². The molecule has 0 bridgehead atoms. The van der Waals surface area contributed by atoms with Gasteiger partial charge in [-0.1, -0.05) is 0 Å². The number of carbonyl (C=O) groups is 1. The fraction of sp³-hybridized carbons (Fsp3) is 0.462. The van der Waals surface area contributed by atoms with Crippen molar-refractivity contribution in [2.24, 2.45) is 7.05 Å². The third kappa shape index (κ3) is 3.01. The van der Waals surface area contributed by atoms with Gasteiger partial charge in [-0.2, -0.15) is 5.10 Å². The predicted octanol–water partition coefficient (Wildman–Crippen LogP) is 1.77. The van der Waals surface area contributed by atoms with Crippen molar-refractivity contribution in [2.75, 3.05) is 6.54 Å². The highest BCUT2D eigenvalue weighted by Crippen LogP contribution is 2.12. The molecule has 19 heavy (non-hydrogen) atoms. The van der Waals surface area contributed by atoms with Gasteiger partial charge in [0.25, 0.3) is 5.91 Å². The fourth-order valence-corrected chi connectivity index (χ4v) is 2.66. The van der Waals surface area contributed by atoms with Gasteiger partial charge in [-0.25, -0.2) is 4.98 Å². The number of nitrogens with zero attached hydrogens (tertiary/aromatic N) is 3. The normalized spacial score (nSPS) is 10.7. The zero-order chi connectivity index (χ0) is 14.0. The van der Waals surface area contributed by atoms with E-state index >= 15 is 0 Å². The fourth-order valence-electron chi connectivity index (χ4n) is 2.02. The molecule has 2 aromatic heterocycles. The molecule has 1 N–H and O–H groups in total. The van der Waals surface area contributed by atoms with E-state index in [4.69, 9.17) is 0 Å². The molecule has 2 aromatic rings. The van der Waals surface area contributed by atoms with Gasteiger partial charge in [0.2, 0.25) is 0 Å². The van der Waals surface area contributed by atoms with Crippen LogP contribution in [-0.4, -0.2) is 27.2 Å². The van der Waals surface area contributed by atoms with Crippen LogP contribution in [0.2, 0.25) is 0 Å². The number of hydrogen-bond donors (Lipinski definition) is 1. The van der Waals surface area contributed by atoms with Crippen LogP contribution < -0.4 is 5.32 Å². The Labute approximate surface area is 116 Å². The van der Waals surface area contributed by atoms with Crippen molar-refractivity contribution in [2.45, 2.75) is 27.2 Å². The highest BCUT2D eigenvalue weighted by molar-refractivity contribution is 7.09. The number of aryl methyl sites for hydroxylation is 3. The summed E-state index contributed by atoms with van der Waals surface area (Å²) in [6.45, 7) is 6.33. The Morgan fingerprint density at radius 2 is 2.16 bits per heavy atom. The number of carbonyl (C=O) groups excluding carboxylic acids is 1. The average Bonchev–Trinajstić information content (AvgIpc) is 2.84. The first-order valence-electron chi connectivity index (χ1n) is 6.18. The Morgan fingerprint density at radius 1 is 1.42 bits per heavy atom. The predicted molar refractivity (Wildman–Crippen MR) is 75.6 cm³/mol. The molecule has 0 aromatic carbocycles.